The average Bonchev–Trinajstić information content (AvgIpc) is 2.45. The Kier molecular flexibility index (Phi) is 4.25. The van der Waals surface area contributed by atoms with Gasteiger partial charge in [-0.2, -0.15) is 13.2 Å². The van der Waals surface area contributed by atoms with Crippen LogP contribution in [0.5, 0.6) is 0 Å². The zero-order chi connectivity index (χ0) is 16.3. The van der Waals surface area contributed by atoms with Gasteiger partial charge in [0.2, 0.25) is 5.82 Å². The first-order valence-corrected chi connectivity index (χ1v) is 5.97. The van der Waals surface area contributed by atoms with Gasteiger partial charge in [-0.3, -0.25) is 10.1 Å². The molecule has 1 aromatic carbocycles. The smallest absolute Gasteiger partial charge is 0.360 e. The second kappa shape index (κ2) is 5.96. The first-order chi connectivity index (χ1) is 10.3. The van der Waals surface area contributed by atoms with E-state index in [1.54, 1.807) is 0 Å². The summed E-state index contributed by atoms with van der Waals surface area (Å²) >= 11 is 0. The van der Waals surface area contributed by atoms with Crippen molar-refractivity contribution in [1.82, 2.24) is 4.98 Å². The zero-order valence-corrected chi connectivity index (χ0v) is 10.9. The van der Waals surface area contributed by atoms with Crippen LogP contribution < -0.4 is 5.32 Å². The summed E-state index contributed by atoms with van der Waals surface area (Å²) in [6, 6.07) is 5.70. The Bertz CT molecular complexity index is 687. The number of halogens is 4. The van der Waals surface area contributed by atoms with Crippen LogP contribution in [0.25, 0.3) is 0 Å². The largest absolute Gasteiger partial charge is 0.418 e. The van der Waals surface area contributed by atoms with Crippen molar-refractivity contribution in [3.8, 4) is 0 Å². The standard InChI is InChI=1S/C13H9F4N3O2/c14-10-3-1-8(2-4-10)6-18-12-11(20(21)22)5-9(7-19-12)13(15,16)17/h1-5,7H,6H2,(H,18,19). The maximum absolute atomic E-state index is 12.7. The third kappa shape index (κ3) is 3.68. The zero-order valence-electron chi connectivity index (χ0n) is 10.9. The molecule has 1 N–H and O–H groups in total. The van der Waals surface area contributed by atoms with E-state index in [2.05, 4.69) is 10.3 Å². The van der Waals surface area contributed by atoms with Crippen LogP contribution in [-0.4, -0.2) is 9.91 Å². The van der Waals surface area contributed by atoms with Gasteiger partial charge in [0.25, 0.3) is 0 Å². The lowest BCUT2D eigenvalue weighted by molar-refractivity contribution is -0.384. The third-order valence-corrected chi connectivity index (χ3v) is 2.76. The van der Waals surface area contributed by atoms with E-state index in [0.29, 0.717) is 17.8 Å². The number of pyridine rings is 1. The summed E-state index contributed by atoms with van der Waals surface area (Å²) in [5.41, 5.74) is -1.39. The van der Waals surface area contributed by atoms with Gasteiger partial charge in [0.05, 0.1) is 10.5 Å². The van der Waals surface area contributed by atoms with E-state index in [4.69, 9.17) is 0 Å². The summed E-state index contributed by atoms with van der Waals surface area (Å²) in [6.07, 6.45) is -4.20. The molecule has 1 aromatic heterocycles. The SMILES string of the molecule is O=[N+]([O-])c1cc(C(F)(F)F)cnc1NCc1ccc(F)cc1. The molecule has 0 fully saturated rings. The summed E-state index contributed by atoms with van der Waals surface area (Å²) < 4.78 is 50.3. The van der Waals surface area contributed by atoms with E-state index in [0.717, 1.165) is 0 Å². The van der Waals surface area contributed by atoms with Gasteiger partial charge in [0, 0.05) is 18.8 Å². The number of hydrogen-bond acceptors (Lipinski definition) is 4. The molecule has 0 aliphatic carbocycles. The number of alkyl halides is 3. The quantitative estimate of drug-likeness (QED) is 0.530. The molecule has 22 heavy (non-hydrogen) atoms. The molecule has 0 aliphatic heterocycles. The fourth-order valence-electron chi connectivity index (χ4n) is 1.67. The van der Waals surface area contributed by atoms with Crippen molar-refractivity contribution in [3.05, 3.63) is 63.6 Å². The van der Waals surface area contributed by atoms with Crippen LogP contribution in [0.1, 0.15) is 11.1 Å². The van der Waals surface area contributed by atoms with E-state index in [-0.39, 0.29) is 12.4 Å². The number of hydrogen-bond donors (Lipinski definition) is 1. The molecule has 9 heteroatoms. The predicted octanol–water partition coefficient (Wildman–Crippen LogP) is 3.76. The van der Waals surface area contributed by atoms with Crippen LogP contribution >= 0.6 is 0 Å². The first-order valence-electron chi connectivity index (χ1n) is 5.97. The van der Waals surface area contributed by atoms with E-state index in [1.165, 1.54) is 24.3 Å². The minimum atomic E-state index is -4.72. The molecule has 0 bridgehead atoms. The van der Waals surface area contributed by atoms with Gasteiger partial charge in [-0.25, -0.2) is 9.37 Å². The van der Waals surface area contributed by atoms with Crippen molar-refractivity contribution in [2.45, 2.75) is 12.7 Å². The lowest BCUT2D eigenvalue weighted by Crippen LogP contribution is -2.10. The monoisotopic (exact) mass is 315 g/mol. The van der Waals surface area contributed by atoms with Crippen molar-refractivity contribution < 1.29 is 22.5 Å². The first kappa shape index (κ1) is 15.7. The Hall–Kier alpha value is -2.71. The molecular formula is C13H9F4N3O2. The summed E-state index contributed by atoms with van der Waals surface area (Å²) in [5.74, 6) is -0.732. The molecule has 2 aromatic rings. The second-order valence-corrected chi connectivity index (χ2v) is 4.33. The van der Waals surface area contributed by atoms with Gasteiger partial charge in [-0.1, -0.05) is 12.1 Å². The summed E-state index contributed by atoms with van der Waals surface area (Å²) in [5, 5.41) is 13.4. The summed E-state index contributed by atoms with van der Waals surface area (Å²) in [7, 11) is 0. The molecular weight excluding hydrogens is 306 g/mol. The summed E-state index contributed by atoms with van der Waals surface area (Å²) in [4.78, 5) is 13.4. The molecule has 1 heterocycles. The van der Waals surface area contributed by atoms with Gasteiger partial charge in [0.15, 0.2) is 0 Å². The van der Waals surface area contributed by atoms with Crippen LogP contribution in [0, 0.1) is 15.9 Å². The number of nitrogens with zero attached hydrogens (tertiary/aromatic N) is 2. The maximum atomic E-state index is 12.7. The molecule has 0 saturated carbocycles. The topological polar surface area (TPSA) is 68.1 Å². The van der Waals surface area contributed by atoms with E-state index < -0.39 is 28.2 Å². The lowest BCUT2D eigenvalue weighted by Gasteiger charge is -2.09. The highest BCUT2D eigenvalue weighted by molar-refractivity contribution is 5.57. The van der Waals surface area contributed by atoms with Crippen LogP contribution in [0.3, 0.4) is 0 Å². The minimum absolute atomic E-state index is 0.0550. The highest BCUT2D eigenvalue weighted by Crippen LogP contribution is 2.33. The van der Waals surface area contributed by atoms with Gasteiger partial charge in [-0.05, 0) is 17.7 Å². The van der Waals surface area contributed by atoms with Crippen LogP contribution in [0.2, 0.25) is 0 Å². The molecule has 5 nitrogen and oxygen atoms in total. The van der Waals surface area contributed by atoms with E-state index in [9.17, 15) is 27.7 Å². The highest BCUT2D eigenvalue weighted by Gasteiger charge is 2.33. The van der Waals surface area contributed by atoms with Crippen molar-refractivity contribution >= 4 is 11.5 Å². The Morgan fingerprint density at radius 3 is 2.41 bits per heavy atom. The van der Waals surface area contributed by atoms with Crippen molar-refractivity contribution in [3.63, 3.8) is 0 Å². The summed E-state index contributed by atoms with van der Waals surface area (Å²) in [6.45, 7) is 0.0550. The third-order valence-electron chi connectivity index (χ3n) is 2.76. The lowest BCUT2D eigenvalue weighted by atomic mass is 10.2. The normalized spacial score (nSPS) is 11.3. The molecule has 0 unspecified atom stereocenters. The molecule has 116 valence electrons. The fraction of sp³-hybridized carbons (Fsp3) is 0.154. The van der Waals surface area contributed by atoms with Crippen molar-refractivity contribution in [1.29, 1.82) is 0 Å². The number of benzene rings is 1. The number of nitrogens with one attached hydrogen (secondary N) is 1. The van der Waals surface area contributed by atoms with Crippen molar-refractivity contribution in [2.75, 3.05) is 5.32 Å². The Labute approximate surface area is 121 Å². The Morgan fingerprint density at radius 2 is 1.86 bits per heavy atom. The van der Waals surface area contributed by atoms with Gasteiger partial charge in [-0.15, -0.1) is 0 Å². The van der Waals surface area contributed by atoms with Crippen LogP contribution in [-0.2, 0) is 12.7 Å². The molecule has 0 radical (unpaired) electrons. The maximum Gasteiger partial charge on any atom is 0.418 e. The number of nitro groups is 1. The fourth-order valence-corrected chi connectivity index (χ4v) is 1.67. The average molecular weight is 315 g/mol. The van der Waals surface area contributed by atoms with Crippen LogP contribution in [0.15, 0.2) is 36.5 Å². The molecule has 0 atom stereocenters. The van der Waals surface area contributed by atoms with Gasteiger partial charge < -0.3 is 5.32 Å². The number of anilines is 1. The Morgan fingerprint density at radius 1 is 1.23 bits per heavy atom. The van der Waals surface area contributed by atoms with Gasteiger partial charge in [0.1, 0.15) is 5.82 Å². The minimum Gasteiger partial charge on any atom is -0.360 e. The van der Waals surface area contributed by atoms with Crippen LogP contribution in [0.4, 0.5) is 29.1 Å². The van der Waals surface area contributed by atoms with Gasteiger partial charge >= 0.3 is 11.9 Å². The predicted molar refractivity (Wildman–Crippen MR) is 69.6 cm³/mol. The molecule has 0 amide bonds. The second-order valence-electron chi connectivity index (χ2n) is 4.33. The number of rotatable bonds is 4. The number of aromatic nitrogens is 1. The molecule has 0 aliphatic rings. The molecule has 2 rings (SSSR count). The highest BCUT2D eigenvalue weighted by atomic mass is 19.4. The Balaban J connectivity index is 2.23. The molecule has 0 saturated heterocycles. The van der Waals surface area contributed by atoms with E-state index in [1.807, 2.05) is 0 Å². The van der Waals surface area contributed by atoms with Crippen molar-refractivity contribution in [2.24, 2.45) is 0 Å². The molecule has 0 spiro atoms. The van der Waals surface area contributed by atoms with E-state index >= 15 is 0 Å².